The Kier molecular flexibility index (Phi) is 5.07. The molecule has 1 aliphatic rings. The molecule has 0 atom stereocenters. The fourth-order valence-electron chi connectivity index (χ4n) is 2.51. The number of nitrogens with one attached hydrogen (secondary N) is 2. The smallest absolute Gasteiger partial charge is 0.453 e. The molecule has 0 radical (unpaired) electrons. The average Bonchev–Trinajstić information content (AvgIpc) is 2.94. The Morgan fingerprint density at radius 1 is 1.36 bits per heavy atom. The Hall–Kier alpha value is -2.36. The second-order valence-electron chi connectivity index (χ2n) is 5.61. The van der Waals surface area contributed by atoms with Gasteiger partial charge in [-0.3, -0.25) is 5.32 Å². The number of carbonyl (C=O) groups excluding carboxylic acids is 1. The lowest BCUT2D eigenvalue weighted by Crippen LogP contribution is -2.28. The molecule has 2 aromatic carbocycles. The van der Waals surface area contributed by atoms with Crippen LogP contribution in [0.4, 0.5) is 21.9 Å². The molecule has 0 fully saturated rings. The van der Waals surface area contributed by atoms with Crippen molar-refractivity contribution in [3.05, 3.63) is 41.5 Å². The highest BCUT2D eigenvalue weighted by molar-refractivity contribution is 8.00. The maximum absolute atomic E-state index is 11.5. The predicted molar refractivity (Wildman–Crippen MR) is 99.9 cm³/mol. The number of rotatable bonds is 4. The minimum absolute atomic E-state index is 0.413. The number of methoxy groups -OCH3 is 1. The molecular weight excluding hydrogens is 341 g/mol. The number of hydrogen-bond donors (Lipinski definition) is 4. The number of amides is 1. The van der Waals surface area contributed by atoms with E-state index in [-0.39, 0.29) is 0 Å². The Balaban J connectivity index is 1.80. The van der Waals surface area contributed by atoms with E-state index < -0.39 is 13.2 Å². The first-order chi connectivity index (χ1) is 12.0. The van der Waals surface area contributed by atoms with Gasteiger partial charge in [-0.25, -0.2) is 4.79 Å². The van der Waals surface area contributed by atoms with Crippen molar-refractivity contribution in [1.29, 1.82) is 0 Å². The number of carbonyl (C=O) groups is 1. The molecule has 0 aromatic heterocycles. The Morgan fingerprint density at radius 2 is 2.16 bits per heavy atom. The van der Waals surface area contributed by atoms with Crippen LogP contribution in [0.3, 0.4) is 0 Å². The van der Waals surface area contributed by atoms with E-state index in [9.17, 15) is 9.82 Å². The number of aryl methyl sites for hydroxylation is 1. The van der Waals surface area contributed by atoms with Crippen LogP contribution in [0.1, 0.15) is 11.1 Å². The van der Waals surface area contributed by atoms with Gasteiger partial charge in [0.1, 0.15) is 0 Å². The molecule has 2 aromatic rings. The number of fused-ring (bicyclic) bond motifs is 1. The molecule has 0 bridgehead atoms. The van der Waals surface area contributed by atoms with Crippen molar-refractivity contribution < 1.29 is 19.2 Å². The first kappa shape index (κ1) is 17.5. The normalized spacial score (nSPS) is 12.7. The molecule has 0 saturated carbocycles. The van der Waals surface area contributed by atoms with Crippen LogP contribution in [0.25, 0.3) is 0 Å². The van der Waals surface area contributed by atoms with Crippen molar-refractivity contribution in [3.8, 4) is 0 Å². The lowest BCUT2D eigenvalue weighted by Gasteiger charge is -2.14. The van der Waals surface area contributed by atoms with Gasteiger partial charge in [0.05, 0.1) is 24.3 Å². The summed E-state index contributed by atoms with van der Waals surface area (Å²) in [4.78, 5) is 12.3. The number of hydrogen-bond acceptors (Lipinski definition) is 7. The van der Waals surface area contributed by atoms with Gasteiger partial charge in [-0.1, -0.05) is 6.07 Å². The summed E-state index contributed by atoms with van der Waals surface area (Å²) >= 11 is 1.32. The summed E-state index contributed by atoms with van der Waals surface area (Å²) in [6.07, 6.45) is -0.568. The summed E-state index contributed by atoms with van der Waals surface area (Å²) in [5, 5.41) is 12.5. The summed E-state index contributed by atoms with van der Waals surface area (Å²) < 4.78 is 13.1. The zero-order valence-electron chi connectivity index (χ0n) is 13.8. The average molecular weight is 359 g/mol. The molecule has 0 aliphatic carbocycles. The van der Waals surface area contributed by atoms with E-state index in [0.29, 0.717) is 18.0 Å². The van der Waals surface area contributed by atoms with Gasteiger partial charge < -0.3 is 24.9 Å². The molecule has 0 saturated heterocycles. The Morgan fingerprint density at radius 3 is 2.92 bits per heavy atom. The summed E-state index contributed by atoms with van der Waals surface area (Å²) in [5.74, 6) is 0. The van der Waals surface area contributed by atoms with Gasteiger partial charge in [-0.15, -0.1) is 0 Å². The van der Waals surface area contributed by atoms with Crippen molar-refractivity contribution in [2.75, 3.05) is 22.9 Å². The molecule has 5 N–H and O–H groups in total. The number of anilines is 3. The highest BCUT2D eigenvalue weighted by Gasteiger charge is 2.28. The molecule has 1 amide bonds. The number of nitrogen functional groups attached to an aromatic ring is 1. The van der Waals surface area contributed by atoms with Gasteiger partial charge in [-0.2, -0.15) is 0 Å². The van der Waals surface area contributed by atoms with E-state index in [1.54, 1.807) is 18.2 Å². The third-order valence-electron chi connectivity index (χ3n) is 3.85. The first-order valence-corrected chi connectivity index (χ1v) is 8.40. The van der Waals surface area contributed by atoms with Crippen LogP contribution in [0.15, 0.2) is 35.2 Å². The van der Waals surface area contributed by atoms with Crippen molar-refractivity contribution in [2.24, 2.45) is 0 Å². The van der Waals surface area contributed by atoms with Crippen molar-refractivity contribution in [2.45, 2.75) is 18.4 Å². The molecule has 0 spiro atoms. The highest BCUT2D eigenvalue weighted by Crippen LogP contribution is 2.31. The molecule has 0 unspecified atom stereocenters. The number of benzene rings is 2. The van der Waals surface area contributed by atoms with E-state index in [1.165, 1.54) is 19.1 Å². The molecule has 9 heteroatoms. The van der Waals surface area contributed by atoms with E-state index in [2.05, 4.69) is 14.8 Å². The maximum Gasteiger partial charge on any atom is 0.491 e. The number of nitrogens with two attached hydrogens (primary N) is 1. The molecular formula is C16H18BN3O4S. The third kappa shape index (κ3) is 3.84. The van der Waals surface area contributed by atoms with E-state index in [4.69, 9.17) is 10.4 Å². The summed E-state index contributed by atoms with van der Waals surface area (Å²) in [5.41, 5.74) is 10.5. The Labute approximate surface area is 150 Å². The van der Waals surface area contributed by atoms with Crippen molar-refractivity contribution >= 4 is 47.7 Å². The molecule has 130 valence electrons. The van der Waals surface area contributed by atoms with E-state index in [1.807, 2.05) is 19.1 Å². The molecule has 7 nitrogen and oxygen atoms in total. The minimum Gasteiger partial charge on any atom is -0.453 e. The number of ether oxygens (including phenoxy) is 1. The highest BCUT2D eigenvalue weighted by atomic mass is 32.2. The van der Waals surface area contributed by atoms with E-state index in [0.717, 1.165) is 27.2 Å². The summed E-state index contributed by atoms with van der Waals surface area (Å²) in [6.45, 7) is 2.39. The topological polar surface area (TPSA) is 106 Å². The zero-order valence-corrected chi connectivity index (χ0v) is 14.6. The molecule has 1 aliphatic heterocycles. The van der Waals surface area contributed by atoms with Crippen LogP contribution >= 0.6 is 11.9 Å². The lowest BCUT2D eigenvalue weighted by molar-refractivity contribution is 0.187. The minimum atomic E-state index is -0.894. The standard InChI is InChI=1S/C16H18BN3O4S/c1-9-5-10-8-24-17(22)12(10)7-13(9)20-25-15-4-3-11(18)6-14(15)19-16(21)23-2/h3-7,20,22H,8,18H2,1-2H3,(H,19,21). The Bertz CT molecular complexity index is 818. The van der Waals surface area contributed by atoms with Crippen LogP contribution in [0.5, 0.6) is 0 Å². The van der Waals surface area contributed by atoms with Gasteiger partial charge in [0.2, 0.25) is 0 Å². The predicted octanol–water partition coefficient (Wildman–Crippen LogP) is 2.09. The van der Waals surface area contributed by atoms with Crippen LogP contribution in [0, 0.1) is 6.92 Å². The maximum atomic E-state index is 11.5. The van der Waals surface area contributed by atoms with Gasteiger partial charge in [-0.05, 0) is 59.7 Å². The summed E-state index contributed by atoms with van der Waals surface area (Å²) in [7, 11) is 0.405. The SMILES string of the molecule is COC(=O)Nc1cc(N)ccc1SNc1cc2c(cc1C)COB2O. The van der Waals surface area contributed by atoms with Gasteiger partial charge >= 0.3 is 13.2 Å². The molecule has 1 heterocycles. The summed E-state index contributed by atoms with van der Waals surface area (Å²) in [6, 6.07) is 9.08. The third-order valence-corrected chi connectivity index (χ3v) is 4.74. The largest absolute Gasteiger partial charge is 0.491 e. The fraction of sp³-hybridized carbons (Fsp3) is 0.188. The van der Waals surface area contributed by atoms with Gasteiger partial charge in [0.15, 0.2) is 0 Å². The van der Waals surface area contributed by atoms with Gasteiger partial charge in [0.25, 0.3) is 0 Å². The second-order valence-corrected chi connectivity index (χ2v) is 6.45. The van der Waals surface area contributed by atoms with Crippen LogP contribution in [-0.2, 0) is 16.0 Å². The van der Waals surface area contributed by atoms with Crippen LogP contribution < -0.4 is 21.2 Å². The van der Waals surface area contributed by atoms with Gasteiger partial charge in [0, 0.05) is 11.4 Å². The van der Waals surface area contributed by atoms with Crippen LogP contribution in [-0.4, -0.2) is 25.3 Å². The van der Waals surface area contributed by atoms with Crippen molar-refractivity contribution in [1.82, 2.24) is 0 Å². The molecule has 25 heavy (non-hydrogen) atoms. The second kappa shape index (κ2) is 7.26. The molecule has 3 rings (SSSR count). The fourth-order valence-corrected chi connectivity index (χ4v) is 3.31. The monoisotopic (exact) mass is 359 g/mol. The zero-order chi connectivity index (χ0) is 18.0. The first-order valence-electron chi connectivity index (χ1n) is 7.58. The van der Waals surface area contributed by atoms with E-state index >= 15 is 0 Å². The quantitative estimate of drug-likeness (QED) is 0.376. The van der Waals surface area contributed by atoms with Crippen molar-refractivity contribution in [3.63, 3.8) is 0 Å². The lowest BCUT2D eigenvalue weighted by atomic mass is 9.79. The van der Waals surface area contributed by atoms with Crippen LogP contribution in [0.2, 0.25) is 0 Å².